The molecule has 0 amide bonds. The van der Waals surface area contributed by atoms with E-state index in [0.717, 1.165) is 6.42 Å². The van der Waals surface area contributed by atoms with Gasteiger partial charge in [0.15, 0.2) is 6.20 Å². The summed E-state index contributed by atoms with van der Waals surface area (Å²) in [4.78, 5) is 0. The average molecular weight is 498 g/mol. The summed E-state index contributed by atoms with van der Waals surface area (Å²) < 4.78 is 5.01. The number of hydrogen-bond donors (Lipinski definition) is 0. The molecule has 0 N–H and O–H groups in total. The van der Waals surface area contributed by atoms with Gasteiger partial charge in [-0.2, -0.15) is 0 Å². The molecule has 3 heterocycles. The van der Waals surface area contributed by atoms with Crippen molar-refractivity contribution in [2.75, 3.05) is 0 Å². The van der Waals surface area contributed by atoms with Crippen molar-refractivity contribution in [1.82, 2.24) is 4.40 Å². The summed E-state index contributed by atoms with van der Waals surface area (Å²) in [5, 5.41) is 9.64. The van der Waals surface area contributed by atoms with E-state index in [2.05, 4.69) is 125 Å². The van der Waals surface area contributed by atoms with Crippen molar-refractivity contribution in [2.45, 2.75) is 60.8 Å². The second kappa shape index (κ2) is 7.69. The Kier molecular flexibility index (Phi) is 4.75. The number of pyridine rings is 2. The van der Waals surface area contributed by atoms with Gasteiger partial charge < -0.3 is 4.40 Å². The second-order valence-corrected chi connectivity index (χ2v) is 13.0. The van der Waals surface area contributed by atoms with Crippen LogP contribution >= 0.6 is 0 Å². The van der Waals surface area contributed by atoms with Gasteiger partial charge in [-0.1, -0.05) is 82.6 Å². The van der Waals surface area contributed by atoms with Crippen molar-refractivity contribution < 1.29 is 4.57 Å². The maximum Gasteiger partial charge on any atom is 0.224 e. The largest absolute Gasteiger partial charge is 0.307 e. The van der Waals surface area contributed by atoms with Gasteiger partial charge in [0.1, 0.15) is 7.05 Å². The summed E-state index contributed by atoms with van der Waals surface area (Å²) in [6.07, 6.45) is 3.26. The summed E-state index contributed by atoms with van der Waals surface area (Å²) in [5.74, 6) is 0.454. The van der Waals surface area contributed by atoms with Crippen molar-refractivity contribution in [1.29, 1.82) is 0 Å². The minimum Gasteiger partial charge on any atom is -0.307 e. The quantitative estimate of drug-likeness (QED) is 0.128. The zero-order valence-electron chi connectivity index (χ0n) is 24.0. The first-order valence-corrected chi connectivity index (χ1v) is 14.0. The molecule has 190 valence electrons. The Morgan fingerprint density at radius 3 is 2.32 bits per heavy atom. The van der Waals surface area contributed by atoms with Gasteiger partial charge in [0.05, 0.1) is 27.3 Å². The molecule has 0 unspecified atom stereocenters. The van der Waals surface area contributed by atoms with Crippen LogP contribution in [-0.2, 0) is 13.5 Å². The average Bonchev–Trinajstić information content (AvgIpc) is 3.20. The maximum atomic E-state index is 2.65. The molecule has 0 fully saturated rings. The Balaban J connectivity index is 1.93. The predicted octanol–water partition coefficient (Wildman–Crippen LogP) is 9.30. The molecule has 0 aliphatic rings. The molecular formula is C36H37N2+. The maximum absolute atomic E-state index is 2.65. The molecular weight excluding hydrogens is 460 g/mol. The van der Waals surface area contributed by atoms with Gasteiger partial charge in [-0.25, -0.2) is 4.57 Å². The number of aromatic nitrogens is 2. The lowest BCUT2D eigenvalue weighted by Gasteiger charge is -2.24. The molecule has 3 aromatic heterocycles. The topological polar surface area (TPSA) is 8.29 Å². The fourth-order valence-corrected chi connectivity index (χ4v) is 7.12. The summed E-state index contributed by atoms with van der Waals surface area (Å²) in [6.45, 7) is 16.3. The highest BCUT2D eigenvalue weighted by molar-refractivity contribution is 6.29. The van der Waals surface area contributed by atoms with E-state index < -0.39 is 0 Å². The highest BCUT2D eigenvalue weighted by Gasteiger charge is 2.29. The molecule has 0 radical (unpaired) electrons. The first-order chi connectivity index (χ1) is 18.1. The van der Waals surface area contributed by atoms with E-state index in [4.69, 9.17) is 0 Å². The number of nitrogens with zero attached hydrogens (tertiary/aromatic N) is 2. The van der Waals surface area contributed by atoms with Crippen LogP contribution < -0.4 is 4.57 Å². The van der Waals surface area contributed by atoms with Crippen LogP contribution in [-0.4, -0.2) is 4.40 Å². The molecule has 2 heteroatoms. The van der Waals surface area contributed by atoms with Crippen molar-refractivity contribution in [3.8, 4) is 0 Å². The Hall–Kier alpha value is -3.65. The highest BCUT2D eigenvalue weighted by Crippen LogP contribution is 2.46. The Morgan fingerprint density at radius 1 is 0.816 bits per heavy atom. The number of hydrogen-bond acceptors (Lipinski definition) is 0. The normalized spacial score (nSPS) is 13.1. The van der Waals surface area contributed by atoms with E-state index >= 15 is 0 Å². The molecule has 7 aromatic rings. The lowest BCUT2D eigenvalue weighted by atomic mass is 9.83. The minimum atomic E-state index is 0.149. The number of fused-ring (bicyclic) bond motifs is 7. The number of rotatable bonds is 2. The minimum absolute atomic E-state index is 0.149. The van der Waals surface area contributed by atoms with Gasteiger partial charge in [0.2, 0.25) is 5.52 Å². The molecule has 0 saturated carbocycles. The third-order valence-corrected chi connectivity index (χ3v) is 8.68. The van der Waals surface area contributed by atoms with Crippen molar-refractivity contribution in [3.05, 3.63) is 83.0 Å². The summed E-state index contributed by atoms with van der Waals surface area (Å²) in [7, 11) is 2.22. The fourth-order valence-electron chi connectivity index (χ4n) is 7.12. The molecule has 0 bridgehead atoms. The highest BCUT2D eigenvalue weighted by atomic mass is 15.0. The van der Waals surface area contributed by atoms with E-state index in [1.165, 1.54) is 82.0 Å². The second-order valence-electron chi connectivity index (χ2n) is 13.0. The first kappa shape index (κ1) is 23.5. The van der Waals surface area contributed by atoms with Crippen LogP contribution in [0.3, 0.4) is 0 Å². The van der Waals surface area contributed by atoms with Crippen LogP contribution in [0.5, 0.6) is 0 Å². The molecule has 4 aromatic carbocycles. The van der Waals surface area contributed by atoms with Crippen LogP contribution in [0.1, 0.15) is 62.8 Å². The predicted molar refractivity (Wildman–Crippen MR) is 164 cm³/mol. The standard InChI is InChI=1S/C36H37N2/c1-20(2)24-10-9-11-29-32(24)26-15-13-23-16-17-37(8)35-30-22(4)25-14-12-21(3)18-27(25)28(19-36(5,6)7)34(30)38(29)33(26)31(23)35/h9-18,20H,19H2,1-8H3/q+1. The van der Waals surface area contributed by atoms with E-state index in [9.17, 15) is 0 Å². The molecule has 0 spiro atoms. The van der Waals surface area contributed by atoms with Crippen LogP contribution in [0, 0.1) is 19.3 Å². The molecule has 0 atom stereocenters. The molecule has 38 heavy (non-hydrogen) atoms. The van der Waals surface area contributed by atoms with E-state index in [-0.39, 0.29) is 5.41 Å². The third-order valence-electron chi connectivity index (χ3n) is 8.68. The van der Waals surface area contributed by atoms with Crippen LogP contribution in [0.25, 0.3) is 59.8 Å². The van der Waals surface area contributed by atoms with E-state index in [1.807, 2.05) is 0 Å². The molecule has 2 nitrogen and oxygen atoms in total. The van der Waals surface area contributed by atoms with Gasteiger partial charge in [-0.05, 0) is 70.5 Å². The van der Waals surface area contributed by atoms with Crippen LogP contribution in [0.15, 0.2) is 60.8 Å². The van der Waals surface area contributed by atoms with Gasteiger partial charge in [-0.15, -0.1) is 0 Å². The van der Waals surface area contributed by atoms with Gasteiger partial charge in [0.25, 0.3) is 0 Å². The third kappa shape index (κ3) is 3.04. The molecule has 0 aliphatic heterocycles. The summed E-state index contributed by atoms with van der Waals surface area (Å²) >= 11 is 0. The SMILES string of the molecule is Cc1ccc2c(C)c3c(c(CC(C)(C)C)c2c1)n1c2cccc(C(C)C)c2c2ccc4cc[n+](C)c3c4c21. The van der Waals surface area contributed by atoms with Gasteiger partial charge in [0, 0.05) is 16.8 Å². The zero-order chi connectivity index (χ0) is 26.7. The van der Waals surface area contributed by atoms with Gasteiger partial charge >= 0.3 is 0 Å². The lowest BCUT2D eigenvalue weighted by molar-refractivity contribution is -0.643. The first-order valence-electron chi connectivity index (χ1n) is 14.0. The van der Waals surface area contributed by atoms with Crippen LogP contribution in [0.4, 0.5) is 0 Å². The molecule has 7 rings (SSSR count). The van der Waals surface area contributed by atoms with Crippen molar-refractivity contribution in [2.24, 2.45) is 12.5 Å². The van der Waals surface area contributed by atoms with E-state index in [1.54, 1.807) is 0 Å². The summed E-state index contributed by atoms with van der Waals surface area (Å²) in [6, 6.07) is 21.0. The Labute approximate surface area is 224 Å². The zero-order valence-corrected chi connectivity index (χ0v) is 24.0. The van der Waals surface area contributed by atoms with Crippen LogP contribution in [0.2, 0.25) is 0 Å². The summed E-state index contributed by atoms with van der Waals surface area (Å²) in [5.41, 5.74) is 11.2. The van der Waals surface area contributed by atoms with Crippen molar-refractivity contribution in [3.63, 3.8) is 0 Å². The molecule has 0 saturated heterocycles. The van der Waals surface area contributed by atoms with Gasteiger partial charge in [-0.3, -0.25) is 0 Å². The monoisotopic (exact) mass is 497 g/mol. The number of benzene rings is 4. The molecule has 0 aliphatic carbocycles. The fraction of sp³-hybridized carbons (Fsp3) is 0.306. The number of aryl methyl sites for hydroxylation is 3. The lowest BCUT2D eigenvalue weighted by Crippen LogP contribution is -2.29. The van der Waals surface area contributed by atoms with Crippen molar-refractivity contribution >= 4 is 59.8 Å². The Morgan fingerprint density at radius 2 is 1.58 bits per heavy atom. The Bertz CT molecular complexity index is 2080. The smallest absolute Gasteiger partial charge is 0.224 e. The van der Waals surface area contributed by atoms with E-state index in [0.29, 0.717) is 5.92 Å².